The number of likely N-dealkylation sites (N-methyl/N-ethyl adjacent to an activating group) is 1. The second-order valence-electron chi connectivity index (χ2n) is 22.2. The van der Waals surface area contributed by atoms with Crippen LogP contribution in [0.15, 0.2) is 58.6 Å². The lowest BCUT2D eigenvalue weighted by molar-refractivity contribution is -0.140. The highest BCUT2D eigenvalue weighted by molar-refractivity contribution is 7.89. The molecule has 1 aliphatic rings. The van der Waals surface area contributed by atoms with Crippen molar-refractivity contribution in [3.05, 3.63) is 81.4 Å². The van der Waals surface area contributed by atoms with Gasteiger partial charge in [-0.15, -0.1) is 0 Å². The minimum atomic E-state index is -4.70. The molecule has 1 fully saturated rings. The molecule has 35 heteroatoms. The van der Waals surface area contributed by atoms with Gasteiger partial charge in [-0.1, -0.05) is 6.07 Å². The maximum atomic E-state index is 13.6. The molecule has 0 saturated carbocycles. The third-order valence-electron chi connectivity index (χ3n) is 14.5. The van der Waals surface area contributed by atoms with Crippen LogP contribution >= 0.6 is 0 Å². The van der Waals surface area contributed by atoms with Crippen molar-refractivity contribution in [3.63, 3.8) is 0 Å². The first-order valence-electron chi connectivity index (χ1n) is 30.1. The second-order valence-corrected chi connectivity index (χ2v) is 25.3. The molecule has 33 nitrogen and oxygen atoms in total. The monoisotopic (exact) mass is 1350 g/mol. The number of aromatic amines is 1. The number of hydrogen-bond donors (Lipinski definition) is 11. The summed E-state index contributed by atoms with van der Waals surface area (Å²) in [5, 5.41) is 42.3. The molecule has 1 unspecified atom stereocenters. The maximum absolute atomic E-state index is 13.6. The standard InChI is InChI=1S/C58H87N13O20S2/c1-40-30-43(31-41(2)54(40)93(86,87)66-46(57(81)82)34-63-55(79)45-35-68(4)48-32-42(9-10-44(48)53(45)78)33-64-58-61-13-14-62-58)91-25-5-8-49(72)59-11-6-23-88-26-28-90-29-27-89-24-7-12-60-56(80)47(39-92(83,84)85)65-50(73)36-69-17-15-67(3)16-18-70(37-51(74)75)21-22-71(20-19-69)38-52(76)77/h9-10,13-14,30-32,35,46-47,66H,5-8,11-12,15-29,33-34,36-39H2,1-4H3,(H,59,72)(H,60,80)(H,63,79)(H,65,73)(H,74,75)(H,76,77)(H,81,82)(H2,61,62,64)(H,83,84,85)/t46?,47-/m1/s1. The van der Waals surface area contributed by atoms with Crippen LogP contribution in [0.2, 0.25) is 0 Å². The molecule has 4 amide bonds. The lowest BCUT2D eigenvalue weighted by atomic mass is 10.1. The Kier molecular flexibility index (Phi) is 31.4. The number of nitrogens with one attached hydrogen (secondary N) is 7. The number of carbonyl (C=O) groups is 7. The van der Waals surface area contributed by atoms with Gasteiger partial charge in [0, 0.05) is 129 Å². The fourth-order valence-electron chi connectivity index (χ4n) is 9.78. The zero-order chi connectivity index (χ0) is 68.1. The van der Waals surface area contributed by atoms with Crippen molar-refractivity contribution in [2.75, 3.05) is 156 Å². The first-order valence-corrected chi connectivity index (χ1v) is 33.2. The number of benzene rings is 2. The molecule has 4 aromatic rings. The number of aromatic nitrogens is 3. The Balaban J connectivity index is 0.904. The number of sulfonamides is 1. The maximum Gasteiger partial charge on any atom is 0.323 e. The molecule has 0 radical (unpaired) electrons. The molecule has 516 valence electrons. The van der Waals surface area contributed by atoms with Crippen LogP contribution in [-0.2, 0) is 76.7 Å². The summed E-state index contributed by atoms with van der Waals surface area (Å²) >= 11 is 0. The van der Waals surface area contributed by atoms with Crippen LogP contribution in [0.25, 0.3) is 10.9 Å². The largest absolute Gasteiger partial charge is 0.494 e. The third-order valence-corrected chi connectivity index (χ3v) is 17.0. The molecule has 3 heterocycles. The van der Waals surface area contributed by atoms with Crippen molar-refractivity contribution < 1.29 is 89.2 Å². The molecule has 5 rings (SSSR count). The smallest absolute Gasteiger partial charge is 0.323 e. The first kappa shape index (κ1) is 76.0. The number of carbonyl (C=O) groups excluding carboxylic acids is 4. The Morgan fingerprint density at radius 2 is 1.26 bits per heavy atom. The highest BCUT2D eigenvalue weighted by Crippen LogP contribution is 2.26. The quantitative estimate of drug-likeness (QED) is 0.0175. The fraction of sp³-hybridized carbons (Fsp3) is 0.569. The average molecular weight is 1350 g/mol. The van der Waals surface area contributed by atoms with Crippen molar-refractivity contribution >= 4 is 78.5 Å². The summed E-state index contributed by atoms with van der Waals surface area (Å²) in [7, 11) is -5.69. The second kappa shape index (κ2) is 38.5. The van der Waals surface area contributed by atoms with E-state index < -0.39 is 85.6 Å². The highest BCUT2D eigenvalue weighted by atomic mass is 32.2. The van der Waals surface area contributed by atoms with E-state index in [2.05, 4.69) is 41.3 Å². The zero-order valence-electron chi connectivity index (χ0n) is 52.7. The SMILES string of the molecule is Cc1cc(OCCCC(=O)NCCCOCCOCCOCCCNC(=O)[C@@H](CS(=O)(=O)O)NC(=O)CN2CCN(C)CCN(CC(=O)O)CCN(CC(=O)O)CC2)cc(C)c1S(=O)(=O)NC(CNC(=O)c1cn(C)c2cc(CNc3ncc[nH]3)ccc2c1=O)C(=O)O. The average Bonchev–Trinajstić information content (AvgIpc) is 1.74. The Morgan fingerprint density at radius 1 is 0.688 bits per heavy atom. The van der Waals surface area contributed by atoms with E-state index in [1.165, 1.54) is 32.2 Å². The number of amides is 4. The number of H-pyrrole nitrogens is 1. The van der Waals surface area contributed by atoms with Gasteiger partial charge in [-0.25, -0.2) is 13.4 Å². The number of carboxylic acid groups (broad SMARTS) is 3. The van der Waals surface area contributed by atoms with Crippen molar-refractivity contribution in [3.8, 4) is 5.75 Å². The Bertz CT molecular complexity index is 3410. The fourth-order valence-corrected chi connectivity index (χ4v) is 12.1. The van der Waals surface area contributed by atoms with E-state index in [1.54, 1.807) is 56.9 Å². The minimum absolute atomic E-state index is 0.0569. The molecule has 93 heavy (non-hydrogen) atoms. The van der Waals surface area contributed by atoms with Crippen LogP contribution in [-0.4, -0.2) is 275 Å². The molecule has 1 aliphatic heterocycles. The number of nitrogens with zero attached hydrogens (tertiary/aromatic N) is 6. The normalized spacial score (nSPS) is 14.9. The van der Waals surface area contributed by atoms with E-state index >= 15 is 0 Å². The summed E-state index contributed by atoms with van der Waals surface area (Å²) in [5.74, 6) is -6.47. The van der Waals surface area contributed by atoms with Gasteiger partial charge < -0.3 is 75.3 Å². The summed E-state index contributed by atoms with van der Waals surface area (Å²) in [4.78, 5) is 115. The van der Waals surface area contributed by atoms with Gasteiger partial charge in [-0.05, 0) is 81.1 Å². The Hall–Kier alpha value is -7.71. The minimum Gasteiger partial charge on any atom is -0.494 e. The van der Waals surface area contributed by atoms with Crippen molar-refractivity contribution in [1.82, 2.24) is 60.1 Å². The number of pyridine rings is 1. The van der Waals surface area contributed by atoms with Gasteiger partial charge in [0.25, 0.3) is 16.0 Å². The van der Waals surface area contributed by atoms with Crippen molar-refractivity contribution in [2.45, 2.75) is 63.1 Å². The number of hydrogen-bond acceptors (Lipinski definition) is 22. The summed E-state index contributed by atoms with van der Waals surface area (Å²) in [6, 6.07) is 4.62. The Labute approximate surface area is 539 Å². The number of ether oxygens (including phenoxy) is 4. The molecule has 0 spiro atoms. The van der Waals surface area contributed by atoms with Crippen LogP contribution in [0.5, 0.6) is 5.75 Å². The number of anilines is 1. The first-order chi connectivity index (χ1) is 44.2. The van der Waals surface area contributed by atoms with Gasteiger partial charge in [-0.2, -0.15) is 13.1 Å². The van der Waals surface area contributed by atoms with Crippen LogP contribution in [0.3, 0.4) is 0 Å². The van der Waals surface area contributed by atoms with Crippen molar-refractivity contribution in [2.24, 2.45) is 7.05 Å². The molecule has 2 aromatic heterocycles. The molecule has 0 bridgehead atoms. The zero-order valence-corrected chi connectivity index (χ0v) is 54.3. The van der Waals surface area contributed by atoms with Crippen LogP contribution in [0.4, 0.5) is 5.95 Å². The summed E-state index contributed by atoms with van der Waals surface area (Å²) < 4.78 is 86.7. The van der Waals surface area contributed by atoms with Crippen molar-refractivity contribution in [1.29, 1.82) is 0 Å². The summed E-state index contributed by atoms with van der Waals surface area (Å²) in [5.41, 5.74) is 1.02. The third kappa shape index (κ3) is 27.8. The summed E-state index contributed by atoms with van der Waals surface area (Å²) in [6.07, 6.45) is 5.94. The number of aliphatic carboxylic acids is 3. The highest BCUT2D eigenvalue weighted by Gasteiger charge is 2.31. The lowest BCUT2D eigenvalue weighted by Gasteiger charge is -2.32. The van der Waals surface area contributed by atoms with Gasteiger partial charge in [0.2, 0.25) is 33.2 Å². The lowest BCUT2D eigenvalue weighted by Crippen LogP contribution is -2.53. The molecular weight excluding hydrogens is 1260 g/mol. The van der Waals surface area contributed by atoms with E-state index in [9.17, 15) is 75.1 Å². The Morgan fingerprint density at radius 3 is 1.82 bits per heavy atom. The van der Waals surface area contributed by atoms with Gasteiger partial charge in [0.15, 0.2) is 5.95 Å². The molecule has 2 aromatic carbocycles. The van der Waals surface area contributed by atoms with E-state index in [0.717, 1.165) is 5.56 Å². The predicted octanol–water partition coefficient (Wildman–Crippen LogP) is -1.73. The topological polar surface area (TPSA) is 441 Å². The number of fused-ring (bicyclic) bond motifs is 1. The molecule has 1 saturated heterocycles. The number of imidazole rings is 1. The number of rotatable bonds is 39. The van der Waals surface area contributed by atoms with E-state index in [-0.39, 0.29) is 125 Å². The van der Waals surface area contributed by atoms with Gasteiger partial charge >= 0.3 is 17.9 Å². The van der Waals surface area contributed by atoms with Gasteiger partial charge in [0.1, 0.15) is 29.1 Å². The van der Waals surface area contributed by atoms with Crippen LogP contribution in [0, 0.1) is 13.8 Å². The van der Waals surface area contributed by atoms with Crippen LogP contribution < -0.4 is 41.5 Å². The molecule has 2 atom stereocenters. The number of aryl methyl sites for hydroxylation is 3. The summed E-state index contributed by atoms with van der Waals surface area (Å²) in [6.45, 7) is 6.83. The van der Waals surface area contributed by atoms with Gasteiger partial charge in [-0.3, -0.25) is 57.6 Å². The van der Waals surface area contributed by atoms with E-state index in [4.69, 9.17) is 18.9 Å². The van der Waals surface area contributed by atoms with E-state index in [0.29, 0.717) is 88.9 Å². The van der Waals surface area contributed by atoms with Crippen LogP contribution in [0.1, 0.15) is 52.7 Å². The number of carboxylic acids is 3. The molecular formula is C58H87N13O20S2. The predicted molar refractivity (Wildman–Crippen MR) is 338 cm³/mol. The molecule has 11 N–H and O–H groups in total. The van der Waals surface area contributed by atoms with E-state index in [1.807, 2.05) is 11.9 Å². The molecule has 0 aliphatic carbocycles. The van der Waals surface area contributed by atoms with Gasteiger partial charge in [0.05, 0.1) is 63.1 Å².